The lowest BCUT2D eigenvalue weighted by Gasteiger charge is -2.28. The highest BCUT2D eigenvalue weighted by molar-refractivity contribution is 5.68. The molecule has 1 N–H and O–H groups in total. The molecule has 1 saturated heterocycles. The number of likely N-dealkylation sites (tertiary alicyclic amines) is 1. The van der Waals surface area contributed by atoms with E-state index in [-0.39, 0.29) is 5.41 Å². The molecule has 2 fully saturated rings. The molecule has 1 saturated carbocycles. The van der Waals surface area contributed by atoms with Gasteiger partial charge in [-0.15, -0.1) is 0 Å². The number of hydrogen-bond donors (Lipinski definition) is 1. The number of nitrogens with zero attached hydrogens (tertiary/aromatic N) is 1. The molecule has 0 bridgehead atoms. The van der Waals surface area contributed by atoms with Crippen molar-refractivity contribution in [3.8, 4) is 0 Å². The Labute approximate surface area is 97.8 Å². The van der Waals surface area contributed by atoms with Gasteiger partial charge in [-0.2, -0.15) is 0 Å². The molecule has 0 spiro atoms. The van der Waals surface area contributed by atoms with Crippen molar-refractivity contribution < 1.29 is 9.90 Å². The number of aliphatic carboxylic acids is 1. The first-order valence-corrected chi connectivity index (χ1v) is 6.64. The number of rotatable bonds is 4. The van der Waals surface area contributed by atoms with E-state index >= 15 is 0 Å². The summed E-state index contributed by atoms with van der Waals surface area (Å²) in [6.45, 7) is 3.39. The molecule has 0 atom stereocenters. The van der Waals surface area contributed by atoms with Crippen LogP contribution in [0.3, 0.4) is 0 Å². The van der Waals surface area contributed by atoms with Crippen molar-refractivity contribution in [2.75, 3.05) is 19.6 Å². The van der Waals surface area contributed by atoms with E-state index in [0.717, 1.165) is 19.4 Å². The molecule has 16 heavy (non-hydrogen) atoms. The quantitative estimate of drug-likeness (QED) is 0.799. The van der Waals surface area contributed by atoms with Crippen LogP contribution in [0.4, 0.5) is 0 Å². The van der Waals surface area contributed by atoms with Crippen LogP contribution in [0.15, 0.2) is 0 Å². The van der Waals surface area contributed by atoms with E-state index in [1.807, 2.05) is 0 Å². The molecule has 92 valence electrons. The summed E-state index contributed by atoms with van der Waals surface area (Å²) in [5.74, 6) is -0.621. The van der Waals surface area contributed by atoms with Crippen LogP contribution in [0.2, 0.25) is 0 Å². The molecule has 0 unspecified atom stereocenters. The molecule has 2 aliphatic rings. The smallest absolute Gasteiger partial charge is 0.303 e. The summed E-state index contributed by atoms with van der Waals surface area (Å²) in [4.78, 5) is 13.3. The maximum absolute atomic E-state index is 10.8. The van der Waals surface area contributed by atoms with Gasteiger partial charge in [0.1, 0.15) is 0 Å². The van der Waals surface area contributed by atoms with Crippen LogP contribution in [0.1, 0.15) is 51.4 Å². The van der Waals surface area contributed by atoms with Gasteiger partial charge in [0.15, 0.2) is 0 Å². The van der Waals surface area contributed by atoms with Gasteiger partial charge in [0.25, 0.3) is 0 Å². The zero-order chi connectivity index (χ0) is 11.4. The number of hydrogen-bond acceptors (Lipinski definition) is 2. The monoisotopic (exact) mass is 225 g/mol. The van der Waals surface area contributed by atoms with Crippen LogP contribution in [-0.2, 0) is 4.79 Å². The molecular formula is C13H23NO2. The van der Waals surface area contributed by atoms with Gasteiger partial charge in [0.2, 0.25) is 0 Å². The Kier molecular flexibility index (Phi) is 3.85. The summed E-state index contributed by atoms with van der Waals surface area (Å²) in [6.07, 6.45) is 9.29. The van der Waals surface area contributed by atoms with E-state index < -0.39 is 5.97 Å². The minimum Gasteiger partial charge on any atom is -0.481 e. The van der Waals surface area contributed by atoms with Gasteiger partial charge in [-0.3, -0.25) is 4.79 Å². The van der Waals surface area contributed by atoms with Crippen LogP contribution in [0.25, 0.3) is 0 Å². The lowest BCUT2D eigenvalue weighted by molar-refractivity contribution is -0.138. The Morgan fingerprint density at radius 1 is 1.06 bits per heavy atom. The first kappa shape index (κ1) is 11.9. The minimum atomic E-state index is -0.621. The molecular weight excluding hydrogens is 202 g/mol. The van der Waals surface area contributed by atoms with Gasteiger partial charge < -0.3 is 10.0 Å². The summed E-state index contributed by atoms with van der Waals surface area (Å²) in [5.41, 5.74) is 0.144. The molecule has 0 aromatic rings. The highest BCUT2D eigenvalue weighted by atomic mass is 16.4. The van der Waals surface area contributed by atoms with Gasteiger partial charge in [0, 0.05) is 6.54 Å². The van der Waals surface area contributed by atoms with Gasteiger partial charge in [-0.05, 0) is 44.2 Å². The molecule has 0 aromatic carbocycles. The molecule has 0 aromatic heterocycles. The Balaban J connectivity index is 1.80. The first-order valence-electron chi connectivity index (χ1n) is 6.64. The summed E-state index contributed by atoms with van der Waals surface area (Å²) >= 11 is 0. The fourth-order valence-electron chi connectivity index (χ4n) is 2.83. The lowest BCUT2D eigenvalue weighted by atomic mass is 10.0. The maximum Gasteiger partial charge on any atom is 0.303 e. The van der Waals surface area contributed by atoms with E-state index in [1.165, 1.54) is 45.2 Å². The summed E-state index contributed by atoms with van der Waals surface area (Å²) in [7, 11) is 0. The van der Waals surface area contributed by atoms with E-state index in [9.17, 15) is 4.79 Å². The fraction of sp³-hybridized carbons (Fsp3) is 0.923. The van der Waals surface area contributed by atoms with E-state index in [1.54, 1.807) is 0 Å². The van der Waals surface area contributed by atoms with E-state index in [0.29, 0.717) is 6.42 Å². The maximum atomic E-state index is 10.8. The number of carboxylic acids is 1. The molecule has 1 aliphatic carbocycles. The Hall–Kier alpha value is -0.570. The topological polar surface area (TPSA) is 40.5 Å². The fourth-order valence-corrected chi connectivity index (χ4v) is 2.83. The van der Waals surface area contributed by atoms with Gasteiger partial charge >= 0.3 is 5.97 Å². The molecule has 1 aliphatic heterocycles. The highest BCUT2D eigenvalue weighted by Crippen LogP contribution is 2.49. The second-order valence-corrected chi connectivity index (χ2v) is 5.61. The van der Waals surface area contributed by atoms with Crippen LogP contribution < -0.4 is 0 Å². The lowest BCUT2D eigenvalue weighted by Crippen LogP contribution is -2.34. The van der Waals surface area contributed by atoms with Crippen molar-refractivity contribution in [1.29, 1.82) is 0 Å². The molecule has 0 amide bonds. The van der Waals surface area contributed by atoms with Crippen LogP contribution >= 0.6 is 0 Å². The summed E-state index contributed by atoms with van der Waals surface area (Å²) in [6, 6.07) is 0. The van der Waals surface area contributed by atoms with Crippen molar-refractivity contribution in [1.82, 2.24) is 4.90 Å². The van der Waals surface area contributed by atoms with E-state index in [4.69, 9.17) is 5.11 Å². The molecule has 1 heterocycles. The predicted octanol–water partition coefficient (Wildman–Crippen LogP) is 2.51. The van der Waals surface area contributed by atoms with Crippen LogP contribution in [0.5, 0.6) is 0 Å². The standard InChI is InChI=1S/C13H23NO2/c15-12(16)10-13(6-7-13)11-14-8-4-2-1-3-5-9-14/h1-11H2,(H,15,16). The second kappa shape index (κ2) is 5.17. The van der Waals surface area contributed by atoms with Crippen molar-refractivity contribution >= 4 is 5.97 Å². The van der Waals surface area contributed by atoms with Crippen molar-refractivity contribution in [2.45, 2.75) is 51.4 Å². The second-order valence-electron chi connectivity index (χ2n) is 5.61. The van der Waals surface area contributed by atoms with Crippen molar-refractivity contribution in [3.05, 3.63) is 0 Å². The van der Waals surface area contributed by atoms with Gasteiger partial charge in [0.05, 0.1) is 6.42 Å². The van der Waals surface area contributed by atoms with Gasteiger partial charge in [-0.25, -0.2) is 0 Å². The largest absolute Gasteiger partial charge is 0.481 e. The average Bonchev–Trinajstić information content (AvgIpc) is 2.89. The number of carbonyl (C=O) groups is 1. The summed E-state index contributed by atoms with van der Waals surface area (Å²) < 4.78 is 0. The third-order valence-electron chi connectivity index (χ3n) is 3.99. The average molecular weight is 225 g/mol. The molecule has 3 nitrogen and oxygen atoms in total. The van der Waals surface area contributed by atoms with Crippen LogP contribution in [0, 0.1) is 5.41 Å². The normalized spacial score (nSPS) is 25.8. The Bertz CT molecular complexity index is 240. The minimum absolute atomic E-state index is 0.144. The molecule has 0 radical (unpaired) electrons. The van der Waals surface area contributed by atoms with Crippen LogP contribution in [-0.4, -0.2) is 35.6 Å². The third-order valence-corrected chi connectivity index (χ3v) is 3.99. The first-order chi connectivity index (χ1) is 7.70. The number of carboxylic acid groups (broad SMARTS) is 1. The molecule has 2 rings (SSSR count). The zero-order valence-electron chi connectivity index (χ0n) is 10.1. The highest BCUT2D eigenvalue weighted by Gasteiger charge is 2.45. The Morgan fingerprint density at radius 2 is 1.62 bits per heavy atom. The molecule has 3 heteroatoms. The third kappa shape index (κ3) is 3.48. The van der Waals surface area contributed by atoms with Crippen molar-refractivity contribution in [3.63, 3.8) is 0 Å². The zero-order valence-corrected chi connectivity index (χ0v) is 10.1. The predicted molar refractivity (Wildman–Crippen MR) is 63.4 cm³/mol. The van der Waals surface area contributed by atoms with Crippen molar-refractivity contribution in [2.24, 2.45) is 5.41 Å². The Morgan fingerprint density at radius 3 is 2.12 bits per heavy atom. The van der Waals surface area contributed by atoms with E-state index in [2.05, 4.69) is 4.90 Å². The summed E-state index contributed by atoms with van der Waals surface area (Å²) in [5, 5.41) is 8.90. The van der Waals surface area contributed by atoms with Gasteiger partial charge in [-0.1, -0.05) is 19.3 Å². The SMILES string of the molecule is O=C(O)CC1(CN2CCCCCCC2)CC1.